The summed E-state index contributed by atoms with van der Waals surface area (Å²) in [7, 11) is 0. The quantitative estimate of drug-likeness (QED) is 0.358. The zero-order chi connectivity index (χ0) is 3.41. The average Bonchev–Trinajstić information content (AvgIpc) is 1.37. The van der Waals surface area contributed by atoms with E-state index in [1.54, 1.807) is 0 Å². The fraction of sp³-hybridized carbons (Fsp3) is 1.00. The van der Waals surface area contributed by atoms with Gasteiger partial charge in [-0.15, -0.1) is 11.6 Å². The number of halogens is 1. The summed E-state index contributed by atoms with van der Waals surface area (Å²) in [5, 5.41) is 0. The van der Waals surface area contributed by atoms with Crippen LogP contribution in [0.3, 0.4) is 0 Å². The van der Waals surface area contributed by atoms with Gasteiger partial charge in [0.1, 0.15) is 0 Å². The maximum atomic E-state index is 5.19. The molecular formula is C3H11CaClO. The number of alkyl halides is 1. The molecule has 3 heteroatoms. The molecule has 2 N–H and O–H groups in total. The summed E-state index contributed by atoms with van der Waals surface area (Å²) in [4.78, 5) is 0. The molecule has 0 unspecified atom stereocenters. The van der Waals surface area contributed by atoms with E-state index in [1.165, 1.54) is 0 Å². The van der Waals surface area contributed by atoms with Crippen LogP contribution in [0.15, 0.2) is 0 Å². The van der Waals surface area contributed by atoms with Crippen molar-refractivity contribution < 1.29 is 5.48 Å². The summed E-state index contributed by atoms with van der Waals surface area (Å²) in [5.41, 5.74) is 0. The van der Waals surface area contributed by atoms with Gasteiger partial charge in [-0.3, -0.25) is 0 Å². The van der Waals surface area contributed by atoms with Gasteiger partial charge in [-0.05, 0) is 6.42 Å². The maximum absolute atomic E-state index is 5.19. The Morgan fingerprint density at radius 3 is 1.67 bits per heavy atom. The van der Waals surface area contributed by atoms with Crippen LogP contribution >= 0.6 is 11.6 Å². The van der Waals surface area contributed by atoms with E-state index >= 15 is 0 Å². The Morgan fingerprint density at radius 1 is 1.50 bits per heavy atom. The molecule has 0 amide bonds. The Morgan fingerprint density at radius 2 is 1.67 bits per heavy atom. The van der Waals surface area contributed by atoms with Crippen LogP contribution < -0.4 is 0 Å². The monoisotopic (exact) mass is 138 g/mol. The Labute approximate surface area is 73.4 Å². The van der Waals surface area contributed by atoms with Gasteiger partial charge in [0.25, 0.3) is 0 Å². The molecule has 0 atom stereocenters. The predicted octanol–water partition coefficient (Wildman–Crippen LogP) is -0.106. The minimum absolute atomic E-state index is 0. The first-order valence-corrected chi connectivity index (χ1v) is 2.01. The van der Waals surface area contributed by atoms with Gasteiger partial charge in [0.2, 0.25) is 0 Å². The summed E-state index contributed by atoms with van der Waals surface area (Å²) in [6.45, 7) is 2.05. The van der Waals surface area contributed by atoms with Crippen molar-refractivity contribution in [3.63, 3.8) is 0 Å². The third-order valence-corrected chi connectivity index (χ3v) is 0.567. The zero-order valence-corrected chi connectivity index (χ0v) is 4.05. The molecule has 0 rings (SSSR count). The molecular weight excluding hydrogens is 128 g/mol. The summed E-state index contributed by atoms with van der Waals surface area (Å²) in [5.74, 6) is 0.792. The van der Waals surface area contributed by atoms with Crippen molar-refractivity contribution in [2.45, 2.75) is 13.3 Å². The first-order valence-electron chi connectivity index (χ1n) is 1.47. The van der Waals surface area contributed by atoms with Gasteiger partial charge in [0, 0.05) is 5.88 Å². The van der Waals surface area contributed by atoms with Crippen LogP contribution in [0.1, 0.15) is 13.3 Å². The van der Waals surface area contributed by atoms with Gasteiger partial charge in [0.15, 0.2) is 0 Å². The second kappa shape index (κ2) is 16.0. The van der Waals surface area contributed by atoms with E-state index in [1.807, 2.05) is 6.92 Å². The van der Waals surface area contributed by atoms with Gasteiger partial charge in [0.05, 0.1) is 0 Å². The molecule has 38 valence electrons. The number of hydrogen-bond acceptors (Lipinski definition) is 0. The number of hydrogen-bond donors (Lipinski definition) is 0. The van der Waals surface area contributed by atoms with Gasteiger partial charge < -0.3 is 5.48 Å². The summed E-state index contributed by atoms with van der Waals surface area (Å²) < 4.78 is 0. The molecule has 0 aliphatic rings. The third kappa shape index (κ3) is 17.8. The minimum atomic E-state index is 0. The van der Waals surface area contributed by atoms with Crippen LogP contribution in [0.2, 0.25) is 0 Å². The molecule has 0 saturated heterocycles. The molecule has 0 aromatic heterocycles. The fourth-order valence-corrected chi connectivity index (χ4v) is 0. The zero-order valence-electron chi connectivity index (χ0n) is 3.29. The van der Waals surface area contributed by atoms with Gasteiger partial charge >= 0.3 is 37.7 Å². The van der Waals surface area contributed by atoms with Crippen molar-refractivity contribution in [3.8, 4) is 0 Å². The summed E-state index contributed by atoms with van der Waals surface area (Å²) >= 11 is 5.19. The fourth-order valence-electron chi connectivity index (χ4n) is 0. The Hall–Kier alpha value is 1.51. The second-order valence-corrected chi connectivity index (χ2v) is 1.07. The Balaban J connectivity index is -0.0000000450. The van der Waals surface area contributed by atoms with Crippen molar-refractivity contribution in [2.75, 3.05) is 5.88 Å². The first kappa shape index (κ1) is 15.6. The third-order valence-electron chi connectivity index (χ3n) is 0.189. The number of rotatable bonds is 1. The average molecular weight is 139 g/mol. The molecule has 0 fully saturated rings. The summed E-state index contributed by atoms with van der Waals surface area (Å²) in [6, 6.07) is 0. The van der Waals surface area contributed by atoms with Crippen molar-refractivity contribution in [2.24, 2.45) is 0 Å². The molecule has 0 saturated carbocycles. The molecule has 6 heavy (non-hydrogen) atoms. The van der Waals surface area contributed by atoms with Gasteiger partial charge in [-0.2, -0.15) is 0 Å². The normalized spacial score (nSPS) is 5.00. The van der Waals surface area contributed by atoms with Crippen molar-refractivity contribution in [3.05, 3.63) is 0 Å². The van der Waals surface area contributed by atoms with E-state index in [2.05, 4.69) is 0 Å². The Kier molecular flexibility index (Phi) is 41.8. The summed E-state index contributed by atoms with van der Waals surface area (Å²) in [6.07, 6.45) is 1.08. The van der Waals surface area contributed by atoms with Gasteiger partial charge in [-0.1, -0.05) is 6.92 Å². The molecule has 0 radical (unpaired) electrons. The molecule has 0 heterocycles. The Bertz CT molecular complexity index is 12.8. The molecule has 0 bridgehead atoms. The SMILES string of the molecule is CCCCl.O.[CaH2]. The first-order chi connectivity index (χ1) is 1.91. The van der Waals surface area contributed by atoms with E-state index < -0.39 is 0 Å². The molecule has 0 aliphatic heterocycles. The van der Waals surface area contributed by atoms with Crippen LogP contribution in [-0.4, -0.2) is 49.1 Å². The van der Waals surface area contributed by atoms with Crippen LogP contribution in [0.5, 0.6) is 0 Å². The molecule has 0 aliphatic carbocycles. The van der Waals surface area contributed by atoms with E-state index in [0.29, 0.717) is 0 Å². The second-order valence-electron chi connectivity index (χ2n) is 0.689. The van der Waals surface area contributed by atoms with Crippen molar-refractivity contribution >= 4 is 49.3 Å². The van der Waals surface area contributed by atoms with Crippen molar-refractivity contribution in [1.29, 1.82) is 0 Å². The molecule has 0 aromatic rings. The van der Waals surface area contributed by atoms with E-state index in [0.717, 1.165) is 12.3 Å². The molecule has 0 aromatic carbocycles. The van der Waals surface area contributed by atoms with Gasteiger partial charge in [-0.25, -0.2) is 0 Å². The van der Waals surface area contributed by atoms with Crippen LogP contribution in [-0.2, 0) is 0 Å². The van der Waals surface area contributed by atoms with E-state index in [9.17, 15) is 0 Å². The molecule has 1 nitrogen and oxygen atoms in total. The predicted molar refractivity (Wildman–Crippen MR) is 33.2 cm³/mol. The standard InChI is InChI=1S/C3H7Cl.Ca.H2O.2H/c1-2-3-4;;;;/h2-3H2,1H3;;1H2;;. The van der Waals surface area contributed by atoms with Crippen LogP contribution in [0, 0.1) is 0 Å². The van der Waals surface area contributed by atoms with E-state index in [4.69, 9.17) is 11.6 Å². The van der Waals surface area contributed by atoms with Crippen LogP contribution in [0.25, 0.3) is 0 Å². The van der Waals surface area contributed by atoms with Crippen LogP contribution in [0.4, 0.5) is 0 Å². The van der Waals surface area contributed by atoms with Crippen molar-refractivity contribution in [1.82, 2.24) is 0 Å². The topological polar surface area (TPSA) is 31.5 Å². The van der Waals surface area contributed by atoms with E-state index in [-0.39, 0.29) is 43.2 Å². The molecule has 0 spiro atoms.